The fraction of sp³-hybridized carbons (Fsp3) is 0.429. The van der Waals surface area contributed by atoms with Gasteiger partial charge in [-0.1, -0.05) is 23.5 Å². The number of methoxy groups -OCH3 is 1. The molecule has 1 unspecified atom stereocenters. The fourth-order valence-corrected chi connectivity index (χ4v) is 3.52. The molecule has 0 amide bonds. The van der Waals surface area contributed by atoms with Gasteiger partial charge >= 0.3 is 5.97 Å². The maximum absolute atomic E-state index is 11.8. The number of para-hydroxylation sites is 1. The summed E-state index contributed by atoms with van der Waals surface area (Å²) in [5.41, 5.74) is 0.612. The lowest BCUT2D eigenvalue weighted by molar-refractivity contribution is -0.150. The molecular weight excluding hydrogens is 260 g/mol. The SMILES string of the molecule is COC(=O)C1(C)CCN(c2nc3ccccc3s2)C1. The number of nitrogens with zero attached hydrogens (tertiary/aromatic N) is 2. The van der Waals surface area contributed by atoms with E-state index in [4.69, 9.17) is 4.74 Å². The molecule has 0 spiro atoms. The molecule has 1 aliphatic heterocycles. The van der Waals surface area contributed by atoms with Gasteiger partial charge in [-0.15, -0.1) is 0 Å². The number of aromatic nitrogens is 1. The number of carbonyl (C=O) groups is 1. The minimum absolute atomic E-state index is 0.129. The Balaban J connectivity index is 1.86. The lowest BCUT2D eigenvalue weighted by Crippen LogP contribution is -2.32. The molecule has 1 aromatic heterocycles. The van der Waals surface area contributed by atoms with Gasteiger partial charge in [-0.25, -0.2) is 4.98 Å². The fourth-order valence-electron chi connectivity index (χ4n) is 2.53. The second kappa shape index (κ2) is 4.49. The Morgan fingerprint density at radius 2 is 2.26 bits per heavy atom. The topological polar surface area (TPSA) is 42.4 Å². The number of rotatable bonds is 2. The zero-order valence-electron chi connectivity index (χ0n) is 11.0. The third-order valence-electron chi connectivity index (χ3n) is 3.70. The van der Waals surface area contributed by atoms with Gasteiger partial charge in [0.15, 0.2) is 5.13 Å². The first-order chi connectivity index (χ1) is 9.12. The van der Waals surface area contributed by atoms with E-state index in [9.17, 15) is 4.79 Å². The van der Waals surface area contributed by atoms with Gasteiger partial charge in [0.2, 0.25) is 0 Å². The number of ether oxygens (including phenoxy) is 1. The van der Waals surface area contributed by atoms with Crippen LogP contribution in [0.15, 0.2) is 24.3 Å². The van der Waals surface area contributed by atoms with Crippen molar-refractivity contribution < 1.29 is 9.53 Å². The molecule has 2 aromatic rings. The van der Waals surface area contributed by atoms with Crippen molar-refractivity contribution >= 4 is 32.7 Å². The Bertz CT molecular complexity index is 592. The largest absolute Gasteiger partial charge is 0.469 e. The summed E-state index contributed by atoms with van der Waals surface area (Å²) in [7, 11) is 1.45. The van der Waals surface area contributed by atoms with Crippen LogP contribution < -0.4 is 4.90 Å². The van der Waals surface area contributed by atoms with Gasteiger partial charge in [-0.05, 0) is 25.5 Å². The molecule has 1 atom stereocenters. The van der Waals surface area contributed by atoms with Crippen LogP contribution in [0.4, 0.5) is 5.13 Å². The van der Waals surface area contributed by atoms with E-state index in [2.05, 4.69) is 16.0 Å². The van der Waals surface area contributed by atoms with Gasteiger partial charge in [0.05, 0.1) is 22.7 Å². The summed E-state index contributed by atoms with van der Waals surface area (Å²) in [6.07, 6.45) is 0.815. The van der Waals surface area contributed by atoms with E-state index in [1.807, 2.05) is 25.1 Å². The predicted molar refractivity (Wildman–Crippen MR) is 76.6 cm³/mol. The second-order valence-electron chi connectivity index (χ2n) is 5.19. The van der Waals surface area contributed by atoms with E-state index in [-0.39, 0.29) is 5.97 Å². The normalized spacial score (nSPS) is 22.9. The zero-order valence-corrected chi connectivity index (χ0v) is 11.9. The highest BCUT2D eigenvalue weighted by atomic mass is 32.1. The molecule has 1 saturated heterocycles. The average molecular weight is 276 g/mol. The van der Waals surface area contributed by atoms with E-state index in [0.29, 0.717) is 6.54 Å². The molecule has 3 rings (SSSR count). The molecule has 1 fully saturated rings. The first-order valence-electron chi connectivity index (χ1n) is 6.31. The Morgan fingerprint density at radius 1 is 1.47 bits per heavy atom. The smallest absolute Gasteiger partial charge is 0.313 e. The molecule has 100 valence electrons. The molecule has 1 aromatic carbocycles. The lowest BCUT2D eigenvalue weighted by Gasteiger charge is -2.21. The van der Waals surface area contributed by atoms with Crippen molar-refractivity contribution in [3.63, 3.8) is 0 Å². The van der Waals surface area contributed by atoms with E-state index < -0.39 is 5.41 Å². The summed E-state index contributed by atoms with van der Waals surface area (Å²) in [5, 5.41) is 0.994. The Hall–Kier alpha value is -1.62. The monoisotopic (exact) mass is 276 g/mol. The van der Waals surface area contributed by atoms with Crippen LogP contribution in [0.5, 0.6) is 0 Å². The molecule has 1 aliphatic rings. The highest BCUT2D eigenvalue weighted by molar-refractivity contribution is 7.22. The minimum Gasteiger partial charge on any atom is -0.469 e. The number of esters is 1. The van der Waals surface area contributed by atoms with Crippen LogP contribution in [0.2, 0.25) is 0 Å². The third-order valence-corrected chi connectivity index (χ3v) is 4.80. The number of benzene rings is 1. The van der Waals surface area contributed by atoms with Gasteiger partial charge < -0.3 is 9.64 Å². The van der Waals surface area contributed by atoms with Gasteiger partial charge in [0.1, 0.15) is 0 Å². The van der Waals surface area contributed by atoms with Gasteiger partial charge in [0, 0.05) is 13.1 Å². The molecule has 0 radical (unpaired) electrons. The quantitative estimate of drug-likeness (QED) is 0.791. The molecule has 19 heavy (non-hydrogen) atoms. The summed E-state index contributed by atoms with van der Waals surface area (Å²) in [6.45, 7) is 3.50. The molecule has 4 nitrogen and oxygen atoms in total. The maximum Gasteiger partial charge on any atom is 0.313 e. The van der Waals surface area contributed by atoms with Crippen molar-refractivity contribution in [1.29, 1.82) is 0 Å². The van der Waals surface area contributed by atoms with Crippen LogP contribution in [0.3, 0.4) is 0 Å². The zero-order chi connectivity index (χ0) is 13.5. The van der Waals surface area contributed by atoms with Crippen LogP contribution >= 0.6 is 11.3 Å². The van der Waals surface area contributed by atoms with E-state index in [0.717, 1.165) is 23.6 Å². The van der Waals surface area contributed by atoms with Crippen LogP contribution in [-0.4, -0.2) is 31.2 Å². The number of anilines is 1. The number of hydrogen-bond acceptors (Lipinski definition) is 5. The first-order valence-corrected chi connectivity index (χ1v) is 7.13. The molecule has 0 aliphatic carbocycles. The molecule has 0 N–H and O–H groups in total. The third kappa shape index (κ3) is 2.08. The van der Waals surface area contributed by atoms with E-state index in [1.165, 1.54) is 11.8 Å². The molecular formula is C14H16N2O2S. The molecule has 2 heterocycles. The number of hydrogen-bond donors (Lipinski definition) is 0. The molecule has 5 heteroatoms. The lowest BCUT2D eigenvalue weighted by atomic mass is 9.90. The average Bonchev–Trinajstić information content (AvgIpc) is 3.01. The Kier molecular flexibility index (Phi) is 2.93. The van der Waals surface area contributed by atoms with Crippen molar-refractivity contribution in [2.75, 3.05) is 25.1 Å². The van der Waals surface area contributed by atoms with Gasteiger partial charge in [-0.2, -0.15) is 0 Å². The van der Waals surface area contributed by atoms with Crippen molar-refractivity contribution in [3.05, 3.63) is 24.3 Å². The highest BCUT2D eigenvalue weighted by Crippen LogP contribution is 2.37. The van der Waals surface area contributed by atoms with Crippen LogP contribution in [0.1, 0.15) is 13.3 Å². The summed E-state index contributed by atoms with van der Waals surface area (Å²) >= 11 is 1.68. The standard InChI is InChI=1S/C14H16N2O2S/c1-14(12(17)18-2)7-8-16(9-14)13-15-10-5-3-4-6-11(10)19-13/h3-6H,7-9H2,1-2H3. The van der Waals surface area contributed by atoms with Crippen molar-refractivity contribution in [1.82, 2.24) is 4.98 Å². The van der Waals surface area contributed by atoms with Crippen molar-refractivity contribution in [2.45, 2.75) is 13.3 Å². The van der Waals surface area contributed by atoms with E-state index in [1.54, 1.807) is 11.3 Å². The van der Waals surface area contributed by atoms with Crippen LogP contribution in [0, 0.1) is 5.41 Å². The summed E-state index contributed by atoms with van der Waals surface area (Å²) in [6, 6.07) is 8.11. The van der Waals surface area contributed by atoms with Crippen molar-refractivity contribution in [3.8, 4) is 0 Å². The van der Waals surface area contributed by atoms with Crippen LogP contribution in [-0.2, 0) is 9.53 Å². The van der Waals surface area contributed by atoms with Gasteiger partial charge in [-0.3, -0.25) is 4.79 Å². The predicted octanol–water partition coefficient (Wildman–Crippen LogP) is 2.69. The molecule has 0 bridgehead atoms. The number of fused-ring (bicyclic) bond motifs is 1. The summed E-state index contributed by atoms with van der Waals surface area (Å²) in [4.78, 5) is 18.6. The second-order valence-corrected chi connectivity index (χ2v) is 6.20. The summed E-state index contributed by atoms with van der Waals surface area (Å²) in [5.74, 6) is -0.129. The Labute approximate surface area is 116 Å². The first kappa shape index (κ1) is 12.4. The Morgan fingerprint density at radius 3 is 3.00 bits per heavy atom. The van der Waals surface area contributed by atoms with Crippen LogP contribution in [0.25, 0.3) is 10.2 Å². The minimum atomic E-state index is -0.410. The number of thiazole rings is 1. The molecule has 0 saturated carbocycles. The number of carbonyl (C=O) groups excluding carboxylic acids is 1. The maximum atomic E-state index is 11.8. The highest BCUT2D eigenvalue weighted by Gasteiger charge is 2.42. The van der Waals surface area contributed by atoms with Gasteiger partial charge in [0.25, 0.3) is 0 Å². The summed E-state index contributed by atoms with van der Waals surface area (Å²) < 4.78 is 6.08. The van der Waals surface area contributed by atoms with E-state index >= 15 is 0 Å². The van der Waals surface area contributed by atoms with Crippen molar-refractivity contribution in [2.24, 2.45) is 5.41 Å².